The van der Waals surface area contributed by atoms with E-state index in [1.54, 1.807) is 6.20 Å². The van der Waals surface area contributed by atoms with E-state index in [4.69, 9.17) is 11.6 Å². The van der Waals surface area contributed by atoms with Gasteiger partial charge in [-0.1, -0.05) is 25.4 Å². The minimum absolute atomic E-state index is 0.551. The number of benzene rings is 1. The van der Waals surface area contributed by atoms with E-state index < -0.39 is 0 Å². The van der Waals surface area contributed by atoms with Gasteiger partial charge in [0.25, 0.3) is 0 Å². The smallest absolute Gasteiger partial charge is 0.0877 e. The minimum Gasteiger partial charge on any atom is -0.381 e. The van der Waals surface area contributed by atoms with Gasteiger partial charge in [-0.05, 0) is 48.9 Å². The highest BCUT2D eigenvalue weighted by Crippen LogP contribution is 2.37. The molecule has 1 N–H and O–H groups in total. The molecule has 1 heterocycles. The van der Waals surface area contributed by atoms with Crippen LogP contribution in [0.15, 0.2) is 36.7 Å². The topological polar surface area (TPSA) is 29.9 Å². The van der Waals surface area contributed by atoms with Crippen molar-refractivity contribution in [1.29, 1.82) is 0 Å². The van der Waals surface area contributed by atoms with Gasteiger partial charge in [0.05, 0.1) is 11.4 Å². The molecule has 0 bridgehead atoms. The van der Waals surface area contributed by atoms with Crippen molar-refractivity contribution >= 4 is 17.3 Å². The molecule has 0 radical (unpaired) electrons. The highest BCUT2D eigenvalue weighted by Gasteiger charge is 2.31. The Morgan fingerprint density at radius 3 is 2.80 bits per heavy atom. The minimum atomic E-state index is 0.551. The van der Waals surface area contributed by atoms with E-state index in [0.717, 1.165) is 28.2 Å². The number of rotatable bonds is 4. The molecule has 1 aromatic carbocycles. The summed E-state index contributed by atoms with van der Waals surface area (Å²) < 4.78 is 1.87. The number of anilines is 1. The lowest BCUT2D eigenvalue weighted by atomic mass is 9.73. The van der Waals surface area contributed by atoms with Crippen LogP contribution in [0.2, 0.25) is 5.02 Å². The number of nitrogens with one attached hydrogen (secondary N) is 1. The van der Waals surface area contributed by atoms with E-state index in [9.17, 15) is 0 Å². The number of halogens is 1. The van der Waals surface area contributed by atoms with Crippen molar-refractivity contribution in [2.24, 2.45) is 11.8 Å². The summed E-state index contributed by atoms with van der Waals surface area (Å²) in [5.41, 5.74) is 2.11. The summed E-state index contributed by atoms with van der Waals surface area (Å²) in [7, 11) is 0. The molecule has 1 aromatic heterocycles. The van der Waals surface area contributed by atoms with Gasteiger partial charge in [0.1, 0.15) is 0 Å². The maximum atomic E-state index is 6.13. The van der Waals surface area contributed by atoms with Crippen LogP contribution < -0.4 is 5.32 Å². The maximum Gasteiger partial charge on any atom is 0.0877 e. The zero-order valence-electron chi connectivity index (χ0n) is 11.9. The van der Waals surface area contributed by atoms with E-state index in [1.807, 2.05) is 35.1 Å². The summed E-state index contributed by atoms with van der Waals surface area (Å²) in [6, 6.07) is 8.38. The number of aromatic nitrogens is 2. The molecule has 3 rings (SSSR count). The molecule has 1 aliphatic rings. The second-order valence-corrected chi connectivity index (χ2v) is 6.37. The molecule has 4 heteroatoms. The van der Waals surface area contributed by atoms with Crippen molar-refractivity contribution in [2.75, 3.05) is 5.32 Å². The van der Waals surface area contributed by atoms with Crippen molar-refractivity contribution in [3.8, 4) is 5.69 Å². The molecule has 106 valence electrons. The quantitative estimate of drug-likeness (QED) is 0.905. The fourth-order valence-corrected chi connectivity index (χ4v) is 2.95. The molecule has 0 spiro atoms. The predicted octanol–water partition coefficient (Wildman–Crippen LogP) is 4.37. The molecule has 0 amide bonds. The van der Waals surface area contributed by atoms with Gasteiger partial charge in [-0.25, -0.2) is 4.68 Å². The van der Waals surface area contributed by atoms with Crippen LogP contribution in [-0.4, -0.2) is 15.8 Å². The fraction of sp³-hybridized carbons (Fsp3) is 0.438. The molecule has 3 nitrogen and oxygen atoms in total. The second-order valence-electron chi connectivity index (χ2n) is 5.93. The molecule has 1 aliphatic carbocycles. The summed E-state index contributed by atoms with van der Waals surface area (Å²) in [5.74, 6) is 1.62. The summed E-state index contributed by atoms with van der Waals surface area (Å²) >= 11 is 6.13. The predicted molar refractivity (Wildman–Crippen MR) is 83.5 cm³/mol. The molecule has 0 aliphatic heterocycles. The second kappa shape index (κ2) is 5.49. The lowest BCUT2D eigenvalue weighted by Crippen LogP contribution is -2.38. The van der Waals surface area contributed by atoms with Gasteiger partial charge < -0.3 is 5.32 Å². The Morgan fingerprint density at radius 1 is 1.35 bits per heavy atom. The summed E-state index contributed by atoms with van der Waals surface area (Å²) in [4.78, 5) is 0. The monoisotopic (exact) mass is 289 g/mol. The largest absolute Gasteiger partial charge is 0.381 e. The number of hydrogen-bond acceptors (Lipinski definition) is 2. The van der Waals surface area contributed by atoms with Gasteiger partial charge in [-0.3, -0.25) is 0 Å². The number of hydrogen-bond donors (Lipinski definition) is 1. The van der Waals surface area contributed by atoms with E-state index in [2.05, 4.69) is 24.3 Å². The Bertz CT molecular complexity index is 571. The summed E-state index contributed by atoms with van der Waals surface area (Å²) in [5, 5.41) is 8.67. The van der Waals surface area contributed by atoms with Crippen LogP contribution in [0.1, 0.15) is 26.7 Å². The van der Waals surface area contributed by atoms with Gasteiger partial charge in [0, 0.05) is 23.5 Å². The third kappa shape index (κ3) is 2.68. The SMILES string of the molecule is CC(C)C1CC(Nc2cc(Cl)ccc2-n2cccn2)C1. The number of nitrogens with zero attached hydrogens (tertiary/aromatic N) is 2. The van der Waals surface area contributed by atoms with Crippen LogP contribution in [0.5, 0.6) is 0 Å². The van der Waals surface area contributed by atoms with Gasteiger partial charge in [0.2, 0.25) is 0 Å². The van der Waals surface area contributed by atoms with E-state index in [1.165, 1.54) is 12.8 Å². The molecule has 20 heavy (non-hydrogen) atoms. The molecule has 1 fully saturated rings. The molecular weight excluding hydrogens is 270 g/mol. The third-order valence-corrected chi connectivity index (χ3v) is 4.42. The zero-order valence-corrected chi connectivity index (χ0v) is 12.6. The maximum absolute atomic E-state index is 6.13. The first-order valence-electron chi connectivity index (χ1n) is 7.19. The zero-order chi connectivity index (χ0) is 14.1. The standard InChI is InChI=1S/C16H20ClN3/c1-11(2)12-8-14(9-12)19-15-10-13(17)4-5-16(15)20-7-3-6-18-20/h3-7,10-12,14,19H,8-9H2,1-2H3. The highest BCUT2D eigenvalue weighted by atomic mass is 35.5. The normalized spacial score (nSPS) is 21.8. The van der Waals surface area contributed by atoms with Gasteiger partial charge >= 0.3 is 0 Å². The van der Waals surface area contributed by atoms with Crippen molar-refractivity contribution < 1.29 is 0 Å². The van der Waals surface area contributed by atoms with Gasteiger partial charge in [-0.2, -0.15) is 5.10 Å². The van der Waals surface area contributed by atoms with Gasteiger partial charge in [0.15, 0.2) is 0 Å². The molecule has 0 saturated heterocycles. The Balaban J connectivity index is 1.78. The van der Waals surface area contributed by atoms with E-state index in [0.29, 0.717) is 6.04 Å². The lowest BCUT2D eigenvalue weighted by Gasteiger charge is -2.39. The van der Waals surface area contributed by atoms with Crippen molar-refractivity contribution in [2.45, 2.75) is 32.7 Å². The molecule has 0 unspecified atom stereocenters. The highest BCUT2D eigenvalue weighted by molar-refractivity contribution is 6.31. The summed E-state index contributed by atoms with van der Waals surface area (Å²) in [6.07, 6.45) is 6.22. The van der Waals surface area contributed by atoms with Crippen LogP contribution in [0.3, 0.4) is 0 Å². The van der Waals surface area contributed by atoms with Gasteiger partial charge in [-0.15, -0.1) is 0 Å². The Labute approximate surface area is 124 Å². The van der Waals surface area contributed by atoms with Crippen molar-refractivity contribution in [3.63, 3.8) is 0 Å². The molecular formula is C16H20ClN3. The molecule has 0 atom stereocenters. The van der Waals surface area contributed by atoms with Crippen LogP contribution in [0, 0.1) is 11.8 Å². The first-order valence-corrected chi connectivity index (χ1v) is 7.57. The molecule has 2 aromatic rings. The fourth-order valence-electron chi connectivity index (χ4n) is 2.78. The molecule has 1 saturated carbocycles. The Morgan fingerprint density at radius 2 is 2.15 bits per heavy atom. The Hall–Kier alpha value is -1.48. The van der Waals surface area contributed by atoms with Crippen molar-refractivity contribution in [1.82, 2.24) is 9.78 Å². The van der Waals surface area contributed by atoms with Crippen LogP contribution >= 0.6 is 11.6 Å². The first-order chi connectivity index (χ1) is 9.63. The third-order valence-electron chi connectivity index (χ3n) is 4.19. The van der Waals surface area contributed by atoms with Crippen LogP contribution in [0.4, 0.5) is 5.69 Å². The van der Waals surface area contributed by atoms with Crippen LogP contribution in [-0.2, 0) is 0 Å². The summed E-state index contributed by atoms with van der Waals surface area (Å²) in [6.45, 7) is 4.60. The first kappa shape index (κ1) is 13.5. The van der Waals surface area contributed by atoms with Crippen LogP contribution in [0.25, 0.3) is 5.69 Å². The Kier molecular flexibility index (Phi) is 3.70. The van der Waals surface area contributed by atoms with E-state index >= 15 is 0 Å². The van der Waals surface area contributed by atoms with Crippen molar-refractivity contribution in [3.05, 3.63) is 41.7 Å². The average molecular weight is 290 g/mol. The van der Waals surface area contributed by atoms with E-state index in [-0.39, 0.29) is 0 Å². The lowest BCUT2D eigenvalue weighted by molar-refractivity contribution is 0.212. The average Bonchev–Trinajstić information content (AvgIpc) is 2.86.